The number of ether oxygens (including phenoxy) is 1. The van der Waals surface area contributed by atoms with Gasteiger partial charge in [0.1, 0.15) is 0 Å². The number of rotatable bonds is 20. The van der Waals surface area contributed by atoms with Crippen molar-refractivity contribution >= 4 is 11.9 Å². The molecule has 0 aromatic heterocycles. The summed E-state index contributed by atoms with van der Waals surface area (Å²) in [5, 5.41) is 11.2. The molecule has 0 N–H and O–H groups in total. The molecule has 0 aromatic carbocycles. The number of allylic oxidation sites excluding steroid dienone is 1. The van der Waals surface area contributed by atoms with Gasteiger partial charge in [-0.1, -0.05) is 116 Å². The van der Waals surface area contributed by atoms with Gasteiger partial charge in [-0.25, -0.2) is 0 Å². The van der Waals surface area contributed by atoms with Crippen molar-refractivity contribution in [1.29, 1.82) is 0 Å². The Labute approximate surface area is 226 Å². The molecule has 4 nitrogen and oxygen atoms in total. The van der Waals surface area contributed by atoms with Crippen LogP contribution in [-0.2, 0) is 14.3 Å². The Bertz CT molecular complexity index is 506. The third kappa shape index (κ3) is 17.7. The van der Waals surface area contributed by atoms with Crippen LogP contribution in [0.4, 0.5) is 0 Å². The van der Waals surface area contributed by atoms with E-state index in [2.05, 4.69) is 6.92 Å². The van der Waals surface area contributed by atoms with Gasteiger partial charge in [0.15, 0.2) is 0 Å². The fraction of sp³-hybridized carbons (Fsp3) is 0.857. The van der Waals surface area contributed by atoms with Crippen molar-refractivity contribution in [2.24, 2.45) is 11.8 Å². The molecule has 0 aliphatic heterocycles. The molecular weight excluding hydrogens is 423 g/mol. The van der Waals surface area contributed by atoms with Crippen molar-refractivity contribution in [2.75, 3.05) is 0 Å². The number of carboxylic acids is 1. The average Bonchev–Trinajstić information content (AvgIpc) is 2.80. The number of unbranched alkanes of at least 4 members (excludes halogenated alkanes) is 16. The summed E-state index contributed by atoms with van der Waals surface area (Å²) in [6.07, 6.45) is 28.8. The summed E-state index contributed by atoms with van der Waals surface area (Å²) in [6, 6.07) is 0. The van der Waals surface area contributed by atoms with Gasteiger partial charge in [0.2, 0.25) is 0 Å². The third-order valence-electron chi connectivity index (χ3n) is 6.88. The van der Waals surface area contributed by atoms with Crippen LogP contribution in [0, 0.1) is 11.8 Å². The summed E-state index contributed by atoms with van der Waals surface area (Å²) in [5.74, 6) is -2.77. The summed E-state index contributed by atoms with van der Waals surface area (Å²) >= 11 is 0. The van der Waals surface area contributed by atoms with Crippen molar-refractivity contribution in [3.8, 4) is 0 Å². The first-order chi connectivity index (χ1) is 15.7. The van der Waals surface area contributed by atoms with Crippen LogP contribution in [-0.4, -0.2) is 11.9 Å². The number of carboxylic acid groups (broad SMARTS) is 1. The van der Waals surface area contributed by atoms with Gasteiger partial charge in [0.05, 0.1) is 12.2 Å². The van der Waals surface area contributed by atoms with E-state index >= 15 is 0 Å². The number of esters is 1. The van der Waals surface area contributed by atoms with Gasteiger partial charge in [-0.05, 0) is 31.8 Å². The molecule has 0 bridgehead atoms. The molecule has 1 aliphatic rings. The molecule has 0 heterocycles. The van der Waals surface area contributed by atoms with Gasteiger partial charge in [0.25, 0.3) is 0 Å². The molecule has 1 saturated carbocycles. The zero-order valence-corrected chi connectivity index (χ0v) is 23.8. The third-order valence-corrected chi connectivity index (χ3v) is 6.88. The van der Waals surface area contributed by atoms with E-state index in [1.165, 1.54) is 103 Å². The SMILES string of the molecule is CCCCCCCCCCCCCCCCCC/C=C/OC(=O)C1CCCCC1C(=O)[O-].[Na+]. The minimum absolute atomic E-state index is 0. The van der Waals surface area contributed by atoms with Gasteiger partial charge >= 0.3 is 35.5 Å². The minimum Gasteiger partial charge on any atom is -0.550 e. The van der Waals surface area contributed by atoms with Crippen LogP contribution in [0.15, 0.2) is 12.3 Å². The number of hydrogen-bond donors (Lipinski definition) is 0. The normalized spacial score (nSPS) is 18.2. The van der Waals surface area contributed by atoms with Crippen molar-refractivity contribution in [1.82, 2.24) is 0 Å². The van der Waals surface area contributed by atoms with Crippen LogP contribution in [0.2, 0.25) is 0 Å². The Morgan fingerprint density at radius 2 is 1.15 bits per heavy atom. The van der Waals surface area contributed by atoms with Crippen LogP contribution in [0.1, 0.15) is 142 Å². The van der Waals surface area contributed by atoms with Crippen LogP contribution in [0.3, 0.4) is 0 Å². The van der Waals surface area contributed by atoms with Gasteiger partial charge in [-0.3, -0.25) is 4.79 Å². The molecule has 1 rings (SSSR count). The maximum atomic E-state index is 12.1. The van der Waals surface area contributed by atoms with Crippen molar-refractivity contribution in [2.45, 2.75) is 142 Å². The van der Waals surface area contributed by atoms with Gasteiger partial charge < -0.3 is 14.6 Å². The molecule has 0 amide bonds. The molecule has 0 saturated heterocycles. The van der Waals surface area contributed by atoms with E-state index < -0.39 is 23.8 Å². The van der Waals surface area contributed by atoms with Crippen molar-refractivity contribution in [3.05, 3.63) is 12.3 Å². The van der Waals surface area contributed by atoms with E-state index in [-0.39, 0.29) is 29.6 Å². The van der Waals surface area contributed by atoms with Gasteiger partial charge in [-0.15, -0.1) is 0 Å². The summed E-state index contributed by atoms with van der Waals surface area (Å²) < 4.78 is 5.18. The number of carbonyl (C=O) groups excluding carboxylic acids is 2. The molecule has 2 atom stereocenters. The van der Waals surface area contributed by atoms with E-state index in [9.17, 15) is 14.7 Å². The van der Waals surface area contributed by atoms with E-state index in [0.29, 0.717) is 12.8 Å². The maximum absolute atomic E-state index is 12.1. The Hall–Kier alpha value is -0.320. The zero-order chi connectivity index (χ0) is 23.3. The van der Waals surface area contributed by atoms with Gasteiger partial charge in [0, 0.05) is 11.9 Å². The molecule has 1 aliphatic carbocycles. The predicted molar refractivity (Wildman–Crippen MR) is 130 cm³/mol. The summed E-state index contributed by atoms with van der Waals surface area (Å²) in [6.45, 7) is 2.27. The summed E-state index contributed by atoms with van der Waals surface area (Å²) in [7, 11) is 0. The van der Waals surface area contributed by atoms with E-state index in [1.54, 1.807) is 0 Å². The van der Waals surface area contributed by atoms with Gasteiger partial charge in [-0.2, -0.15) is 0 Å². The molecule has 33 heavy (non-hydrogen) atoms. The monoisotopic (exact) mass is 472 g/mol. The van der Waals surface area contributed by atoms with Crippen molar-refractivity contribution < 1.29 is 49.0 Å². The average molecular weight is 473 g/mol. The number of carbonyl (C=O) groups is 2. The smallest absolute Gasteiger partial charge is 0.550 e. The van der Waals surface area contributed by atoms with E-state index in [1.807, 2.05) is 6.08 Å². The first-order valence-electron chi connectivity index (χ1n) is 13.7. The molecule has 1 fully saturated rings. The predicted octanol–water partition coefficient (Wildman–Crippen LogP) is 4.26. The fourth-order valence-corrected chi connectivity index (χ4v) is 4.78. The second-order valence-electron chi connectivity index (χ2n) is 9.72. The quantitative estimate of drug-likeness (QED) is 0.115. The Kier molecular flexibility index (Phi) is 23.2. The second kappa shape index (κ2) is 23.4. The first kappa shape index (κ1) is 32.7. The molecule has 2 unspecified atom stereocenters. The largest absolute Gasteiger partial charge is 1.00 e. The molecular formula is C28H49NaO4. The first-order valence-corrected chi connectivity index (χ1v) is 13.7. The van der Waals surface area contributed by atoms with Crippen molar-refractivity contribution in [3.63, 3.8) is 0 Å². The van der Waals surface area contributed by atoms with Crippen LogP contribution < -0.4 is 34.7 Å². The summed E-state index contributed by atoms with van der Waals surface area (Å²) in [4.78, 5) is 23.3. The Morgan fingerprint density at radius 1 is 0.727 bits per heavy atom. The molecule has 0 radical (unpaired) electrons. The molecule has 0 aromatic rings. The van der Waals surface area contributed by atoms with Crippen LogP contribution >= 0.6 is 0 Å². The standard InChI is InChI=1S/C28H50O4.Na/c1-2-3-4-5-6-7-8-9-10-11-12-13-14-15-16-17-18-21-24-32-28(31)26-23-20-19-22-25(26)27(29)30;/h21,24-26H,2-20,22-23H2,1H3,(H,29,30);/q;+1/p-1/b24-21+;. The molecule has 186 valence electrons. The molecule has 5 heteroatoms. The zero-order valence-electron chi connectivity index (χ0n) is 21.8. The summed E-state index contributed by atoms with van der Waals surface area (Å²) in [5.41, 5.74) is 0. The Balaban J connectivity index is 0.0000102. The van der Waals surface area contributed by atoms with Crippen LogP contribution in [0.25, 0.3) is 0 Å². The minimum atomic E-state index is -1.12. The van der Waals surface area contributed by atoms with E-state index in [0.717, 1.165) is 25.7 Å². The number of hydrogen-bond acceptors (Lipinski definition) is 4. The topological polar surface area (TPSA) is 66.4 Å². The Morgan fingerprint density at radius 3 is 1.61 bits per heavy atom. The number of aliphatic carboxylic acids is 1. The van der Waals surface area contributed by atoms with Crippen LogP contribution in [0.5, 0.6) is 0 Å². The second-order valence-corrected chi connectivity index (χ2v) is 9.72. The fourth-order valence-electron chi connectivity index (χ4n) is 4.78. The van der Waals surface area contributed by atoms with E-state index in [4.69, 9.17) is 4.74 Å². The molecule has 0 spiro atoms. The maximum Gasteiger partial charge on any atom is 1.00 e.